The zero-order chi connectivity index (χ0) is 66.4. The molecule has 10 aromatic carbocycles. The number of unbranched alkanes of at least 4 members (excludes halogenated alkanes) is 2. The van der Waals surface area contributed by atoms with E-state index in [1.54, 1.807) is 122 Å². The van der Waals surface area contributed by atoms with Gasteiger partial charge >= 0.3 is 0 Å². The number of rotatable bonds is 12. The molecule has 0 N–H and O–H groups in total. The fraction of sp³-hybridized carbons (Fsp3) is 0.196. The van der Waals surface area contributed by atoms with Crippen molar-refractivity contribution >= 4 is 109 Å². The normalized spacial score (nSPS) is 18.0. The van der Waals surface area contributed by atoms with Crippen molar-refractivity contribution in [2.24, 2.45) is 17.8 Å². The maximum atomic E-state index is 4.42. The van der Waals surface area contributed by atoms with E-state index in [0.717, 1.165) is 53.7 Å². The molecule has 6 aliphatic carbocycles. The van der Waals surface area contributed by atoms with Crippen molar-refractivity contribution in [2.75, 3.05) is 0 Å². The van der Waals surface area contributed by atoms with Crippen LogP contribution in [0.3, 0.4) is 0 Å². The van der Waals surface area contributed by atoms with Gasteiger partial charge in [-0.05, 0) is 263 Å². The number of nitrogens with zero attached hydrogens (tertiary/aromatic N) is 8. The first-order chi connectivity index (χ1) is 49.5. The van der Waals surface area contributed by atoms with Gasteiger partial charge in [0.25, 0.3) is 0 Å². The standard InChI is InChI=1S/C40H16.C16H20N2.C16H22N2.2C10H8N2.Ru/c1-2-12-14-5-6-16-18-9-10-20-19-8-7-17-15-4-3-13-11(1)21-22(12)32-24(14)26(16)34-29(18)30(20)35-28(19)27(17)33-25(15)23(13)31(21)36-37(32)39(34)40(35)38(33)36;1-3-4-5-6-14-8-10-18-16(12-14)15-11-13(2)7-9-17-15;1-3-9-17-11-5-15(6-12-17)16-7-13-18(10-4-2)14-8-16;2*1-3-7-11-9(5-1)10-6-2-4-8-12-10;/h1-13,21-23H;7-12H,3-6H2,1-2H3;5-8,11-14H,3-4,9-10H2,1-2H3;2*1-8H;/q;;+2;;;. The molecule has 1 saturated carbocycles. The van der Waals surface area contributed by atoms with Crippen molar-refractivity contribution in [3.63, 3.8) is 0 Å². The number of hydrogen-bond acceptors (Lipinski definition) is 6. The molecule has 18 aromatic rings. The predicted molar refractivity (Wildman–Crippen MR) is 410 cm³/mol. The van der Waals surface area contributed by atoms with Crippen LogP contribution in [-0.2, 0) is 39.0 Å². The number of fused-ring (bicyclic) bond motifs is 5. The monoisotopic (exact) mass is 1390 g/mol. The second kappa shape index (κ2) is 24.3. The fourth-order valence-corrected chi connectivity index (χ4v) is 19.5. The maximum absolute atomic E-state index is 4.42. The second-order valence-electron chi connectivity index (χ2n) is 28.7. The van der Waals surface area contributed by atoms with E-state index in [9.17, 15) is 0 Å². The minimum atomic E-state index is 0. The molecule has 6 aliphatic rings. The topological polar surface area (TPSA) is 85.1 Å². The molecule has 0 spiro atoms. The third-order valence-corrected chi connectivity index (χ3v) is 23.2. The maximum Gasteiger partial charge on any atom is 0.169 e. The largest absolute Gasteiger partial charge is 0.255 e. The summed E-state index contributed by atoms with van der Waals surface area (Å²) in [6, 6.07) is 55.3. The Morgan fingerprint density at radius 3 is 1.41 bits per heavy atom. The van der Waals surface area contributed by atoms with Gasteiger partial charge in [0.15, 0.2) is 24.8 Å². The molecule has 0 amide bonds. The fourth-order valence-electron chi connectivity index (χ4n) is 19.5. The molecule has 1 fully saturated rings. The number of allylic oxidation sites excluding steroid dienone is 3. The Kier molecular flexibility index (Phi) is 14.8. The van der Waals surface area contributed by atoms with Crippen molar-refractivity contribution < 1.29 is 28.6 Å². The first-order valence-corrected chi connectivity index (χ1v) is 36.4. The molecular formula is C92H74N8Ru+2. The summed E-state index contributed by atoms with van der Waals surface area (Å²) < 4.78 is 4.45. The summed E-state index contributed by atoms with van der Waals surface area (Å²) in [5, 5.41) is 30.3. The van der Waals surface area contributed by atoms with Crippen LogP contribution in [-0.4, -0.2) is 29.9 Å². The smallest absolute Gasteiger partial charge is 0.169 e. The van der Waals surface area contributed by atoms with E-state index in [-0.39, 0.29) is 19.5 Å². The first kappa shape index (κ1) is 61.5. The van der Waals surface area contributed by atoms with Crippen LogP contribution in [0.5, 0.6) is 0 Å². The number of hydrogen-bond donors (Lipinski definition) is 0. The van der Waals surface area contributed by atoms with Gasteiger partial charge in [-0.1, -0.05) is 119 Å². The van der Waals surface area contributed by atoms with Crippen molar-refractivity contribution in [2.45, 2.75) is 97.1 Å². The molecule has 9 heteroatoms. The van der Waals surface area contributed by atoms with E-state index >= 15 is 0 Å². The summed E-state index contributed by atoms with van der Waals surface area (Å²) in [5.74, 6) is 3.60. The Morgan fingerprint density at radius 2 is 0.871 bits per heavy atom. The Bertz CT molecular complexity index is 6020. The zero-order valence-electron chi connectivity index (χ0n) is 57.1. The molecule has 0 radical (unpaired) electrons. The predicted octanol–water partition coefficient (Wildman–Crippen LogP) is 20.5. The molecule has 8 aromatic heterocycles. The minimum Gasteiger partial charge on any atom is -0.255 e. The summed E-state index contributed by atoms with van der Waals surface area (Å²) in [4.78, 5) is 25.5. The summed E-state index contributed by atoms with van der Waals surface area (Å²) in [5.41, 5.74) is 19.3. The molecule has 6 atom stereocenters. The molecule has 24 rings (SSSR count). The van der Waals surface area contributed by atoms with Crippen LogP contribution in [0, 0.1) is 24.7 Å². The van der Waals surface area contributed by atoms with Gasteiger partial charge in [-0.25, -0.2) is 9.13 Å². The number of benzene rings is 6. The van der Waals surface area contributed by atoms with Crippen molar-refractivity contribution in [3.05, 3.63) is 277 Å². The quantitative estimate of drug-likeness (QED) is 0.0398. The Balaban J connectivity index is 0.0000000983. The van der Waals surface area contributed by atoms with Crippen molar-refractivity contribution in [1.29, 1.82) is 0 Å². The number of pyridine rings is 8. The van der Waals surface area contributed by atoms with Gasteiger partial charge < -0.3 is 0 Å². The van der Waals surface area contributed by atoms with Crippen LogP contribution in [0.15, 0.2) is 238 Å². The average Bonchev–Trinajstić information content (AvgIpc) is 1.44. The SMILES string of the molecule is C1=CC2C3C4=c5c6c7c8c(ccc9c%10ccc%11c%12ccc%13c1c3c1c5c3c6c(c89)c%10c%11c3c%12c%131)C1C=CC2C4C71.CCCCCc1ccnc(-c2cc(C)ccn2)c1.CCC[n+]1ccc(-c2cc[n+](CCC)cc2)cc1.[Ru].c1ccc(-c2ccccn2)nc1.c1ccc(-c2ccccn2)nc1. The third-order valence-electron chi connectivity index (χ3n) is 23.2. The van der Waals surface area contributed by atoms with Crippen molar-refractivity contribution in [1.82, 2.24) is 29.9 Å². The molecule has 0 aliphatic heterocycles. The van der Waals surface area contributed by atoms with Gasteiger partial charge in [0.1, 0.15) is 13.1 Å². The van der Waals surface area contributed by atoms with Gasteiger partial charge in [-0.2, -0.15) is 0 Å². The second-order valence-corrected chi connectivity index (χ2v) is 28.7. The van der Waals surface area contributed by atoms with Gasteiger partial charge in [0.05, 0.1) is 34.2 Å². The van der Waals surface area contributed by atoms with Gasteiger partial charge in [0.2, 0.25) is 0 Å². The summed E-state index contributed by atoms with van der Waals surface area (Å²) in [7, 11) is 0. The van der Waals surface area contributed by atoms with Crippen LogP contribution in [0.1, 0.15) is 104 Å². The van der Waals surface area contributed by atoms with E-state index in [1.165, 1.54) is 81.3 Å². The summed E-state index contributed by atoms with van der Waals surface area (Å²) in [6.45, 7) is 10.9. The van der Waals surface area contributed by atoms with E-state index in [4.69, 9.17) is 0 Å². The van der Waals surface area contributed by atoms with Crippen LogP contribution in [0.4, 0.5) is 0 Å². The van der Waals surface area contributed by atoms with Crippen LogP contribution >= 0.6 is 0 Å². The molecule has 0 bridgehead atoms. The average molecular weight is 1390 g/mol. The number of aryl methyl sites for hydroxylation is 4. The van der Waals surface area contributed by atoms with E-state index in [2.05, 4.69) is 195 Å². The van der Waals surface area contributed by atoms with E-state index in [0.29, 0.717) is 35.5 Å². The Labute approximate surface area is 599 Å². The van der Waals surface area contributed by atoms with E-state index in [1.807, 2.05) is 96.8 Å². The van der Waals surface area contributed by atoms with Gasteiger partial charge in [-0.15, -0.1) is 0 Å². The van der Waals surface area contributed by atoms with Crippen LogP contribution in [0.2, 0.25) is 0 Å². The molecular weight excluding hydrogens is 1320 g/mol. The Morgan fingerprint density at radius 1 is 0.376 bits per heavy atom. The molecule has 0 saturated heterocycles. The molecule has 101 heavy (non-hydrogen) atoms. The van der Waals surface area contributed by atoms with Crippen LogP contribution in [0.25, 0.3) is 154 Å². The third kappa shape index (κ3) is 9.14. The molecule has 8 heterocycles. The first-order valence-electron chi connectivity index (χ1n) is 36.4. The summed E-state index contributed by atoms with van der Waals surface area (Å²) >= 11 is 0. The minimum absolute atomic E-state index is 0. The summed E-state index contributed by atoms with van der Waals surface area (Å²) in [6.07, 6.45) is 37.3. The van der Waals surface area contributed by atoms with Gasteiger partial charge in [-0.3, -0.25) is 29.9 Å². The molecule has 6 unspecified atom stereocenters. The number of aromatic nitrogens is 8. The van der Waals surface area contributed by atoms with Crippen LogP contribution < -0.4 is 14.4 Å². The molecule has 8 nitrogen and oxygen atoms in total. The molecule has 488 valence electrons. The van der Waals surface area contributed by atoms with Crippen molar-refractivity contribution in [3.8, 4) is 45.3 Å². The van der Waals surface area contributed by atoms with Gasteiger partial charge in [0, 0.05) is 112 Å². The zero-order valence-corrected chi connectivity index (χ0v) is 58.9. The Hall–Kier alpha value is -10.6. The van der Waals surface area contributed by atoms with E-state index < -0.39 is 0 Å².